The van der Waals surface area contributed by atoms with E-state index in [1.54, 1.807) is 5.48 Å². The minimum absolute atomic E-state index is 0.114. The number of hydroxylamine groups is 1. The number of aryl methyl sites for hydroxylation is 1. The zero-order valence-electron chi connectivity index (χ0n) is 17.2. The van der Waals surface area contributed by atoms with Crippen LogP contribution in [-0.2, 0) is 17.3 Å². The van der Waals surface area contributed by atoms with Crippen LogP contribution in [0.1, 0.15) is 48.8 Å². The van der Waals surface area contributed by atoms with Crippen LogP contribution in [0, 0.1) is 24.5 Å². The lowest BCUT2D eigenvalue weighted by Gasteiger charge is -2.30. The molecule has 0 aliphatic heterocycles. The highest BCUT2D eigenvalue weighted by Gasteiger charge is 2.49. The summed E-state index contributed by atoms with van der Waals surface area (Å²) in [5.41, 5.74) is 3.40. The van der Waals surface area contributed by atoms with Crippen molar-refractivity contribution < 1.29 is 18.8 Å². The molecule has 2 aromatic carbocycles. The molecule has 3 unspecified atom stereocenters. The number of rotatable bonds is 4. The van der Waals surface area contributed by atoms with Crippen molar-refractivity contribution in [2.75, 3.05) is 0 Å². The monoisotopic (exact) mass is 413 g/mol. The molecule has 1 fully saturated rings. The summed E-state index contributed by atoms with van der Waals surface area (Å²) in [7, 11) is 1.90. The molecule has 2 N–H and O–H groups in total. The molecule has 1 aliphatic rings. The maximum absolute atomic E-state index is 14.3. The average molecular weight is 413 g/mol. The summed E-state index contributed by atoms with van der Waals surface area (Å²) < 4.78 is 29.8. The molecule has 0 saturated heterocycles. The molecule has 0 bridgehead atoms. The van der Waals surface area contributed by atoms with Gasteiger partial charge in [-0.2, -0.15) is 5.10 Å². The van der Waals surface area contributed by atoms with Crippen LogP contribution in [0.2, 0.25) is 0 Å². The predicted molar refractivity (Wildman–Crippen MR) is 109 cm³/mol. The highest BCUT2D eigenvalue weighted by molar-refractivity contribution is 5.88. The number of hydrogen-bond acceptors (Lipinski definition) is 3. The number of aromatic nitrogens is 2. The van der Waals surface area contributed by atoms with Gasteiger partial charge in [-0.05, 0) is 66.8 Å². The molecule has 4 rings (SSSR count). The number of amides is 1. The Bertz CT molecular complexity index is 1130. The van der Waals surface area contributed by atoms with Crippen LogP contribution in [0.5, 0.6) is 0 Å². The fourth-order valence-electron chi connectivity index (χ4n) is 5.08. The van der Waals surface area contributed by atoms with Gasteiger partial charge in [-0.1, -0.05) is 25.1 Å². The van der Waals surface area contributed by atoms with Crippen molar-refractivity contribution >= 4 is 16.8 Å². The first-order valence-electron chi connectivity index (χ1n) is 10.1. The quantitative estimate of drug-likeness (QED) is 0.489. The van der Waals surface area contributed by atoms with Crippen molar-refractivity contribution in [2.45, 2.75) is 44.4 Å². The Morgan fingerprint density at radius 3 is 2.83 bits per heavy atom. The molecule has 1 aromatic heterocycles. The molecule has 1 heterocycles. The maximum atomic E-state index is 14.3. The van der Waals surface area contributed by atoms with Crippen molar-refractivity contribution in [2.24, 2.45) is 13.0 Å². The van der Waals surface area contributed by atoms with E-state index in [0.717, 1.165) is 29.0 Å². The standard InChI is InChI=1S/C23H25F2N3O2/c1-13(15-4-5-17-12-26-28(3)20(17)10-15)16-8-9-23(11-16,22(29)27-30)18-6-7-19(24)21(25)14(18)2/h4-7,10,12-13,16,30H,8-9,11H2,1-3H3,(H,27,29). The van der Waals surface area contributed by atoms with Crippen LogP contribution in [-0.4, -0.2) is 20.9 Å². The molecule has 30 heavy (non-hydrogen) atoms. The molecule has 0 radical (unpaired) electrons. The lowest BCUT2D eigenvalue weighted by molar-refractivity contribution is -0.135. The minimum atomic E-state index is -1.09. The predicted octanol–water partition coefficient (Wildman–Crippen LogP) is 4.51. The summed E-state index contributed by atoms with van der Waals surface area (Å²) in [6, 6.07) is 8.75. The maximum Gasteiger partial charge on any atom is 0.253 e. The molecule has 3 atom stereocenters. The van der Waals surface area contributed by atoms with Gasteiger partial charge in [0, 0.05) is 12.4 Å². The number of halogens is 2. The van der Waals surface area contributed by atoms with Crippen LogP contribution < -0.4 is 5.48 Å². The van der Waals surface area contributed by atoms with E-state index in [-0.39, 0.29) is 17.4 Å². The third-order valence-corrected chi connectivity index (χ3v) is 6.95. The van der Waals surface area contributed by atoms with Gasteiger partial charge in [-0.25, -0.2) is 14.3 Å². The zero-order valence-corrected chi connectivity index (χ0v) is 17.2. The van der Waals surface area contributed by atoms with Crippen LogP contribution in [0.25, 0.3) is 10.9 Å². The first kappa shape index (κ1) is 20.5. The third-order valence-electron chi connectivity index (χ3n) is 6.95. The van der Waals surface area contributed by atoms with Crippen molar-refractivity contribution in [3.05, 3.63) is 64.9 Å². The molecule has 1 aliphatic carbocycles. The highest BCUT2D eigenvalue weighted by atomic mass is 19.2. The molecule has 1 amide bonds. The van der Waals surface area contributed by atoms with Gasteiger partial charge < -0.3 is 0 Å². The van der Waals surface area contributed by atoms with Gasteiger partial charge in [0.2, 0.25) is 0 Å². The SMILES string of the molecule is Cc1c(C2(C(=O)NO)CCC(C(C)c3ccc4cnn(C)c4c3)C2)ccc(F)c1F. The van der Waals surface area contributed by atoms with Crippen molar-refractivity contribution in [1.82, 2.24) is 15.3 Å². The van der Waals surface area contributed by atoms with Gasteiger partial charge in [0.15, 0.2) is 11.6 Å². The first-order valence-corrected chi connectivity index (χ1v) is 10.1. The highest BCUT2D eigenvalue weighted by Crippen LogP contribution is 2.50. The van der Waals surface area contributed by atoms with Crippen LogP contribution in [0.4, 0.5) is 8.78 Å². The van der Waals surface area contributed by atoms with Gasteiger partial charge in [-0.15, -0.1) is 0 Å². The van der Waals surface area contributed by atoms with E-state index in [2.05, 4.69) is 24.2 Å². The largest absolute Gasteiger partial charge is 0.289 e. The Kier molecular flexibility index (Phi) is 5.10. The molecule has 3 aromatic rings. The Hall–Kier alpha value is -2.80. The van der Waals surface area contributed by atoms with E-state index in [1.165, 1.54) is 13.0 Å². The molecule has 0 spiro atoms. The van der Waals surface area contributed by atoms with Crippen molar-refractivity contribution in [3.8, 4) is 0 Å². The summed E-state index contributed by atoms with van der Waals surface area (Å²) in [4.78, 5) is 12.8. The number of carbonyl (C=O) groups is 1. The smallest absolute Gasteiger partial charge is 0.253 e. The third kappa shape index (κ3) is 3.08. The van der Waals surface area contributed by atoms with Gasteiger partial charge in [0.25, 0.3) is 5.91 Å². The minimum Gasteiger partial charge on any atom is -0.289 e. The fourth-order valence-corrected chi connectivity index (χ4v) is 5.08. The Balaban J connectivity index is 1.70. The zero-order chi connectivity index (χ0) is 21.6. The average Bonchev–Trinajstić information content (AvgIpc) is 3.36. The molecule has 5 nitrogen and oxygen atoms in total. The molecular weight excluding hydrogens is 388 g/mol. The van der Waals surface area contributed by atoms with E-state index < -0.39 is 23.0 Å². The summed E-state index contributed by atoms with van der Waals surface area (Å²) in [5.74, 6) is -2.18. The Morgan fingerprint density at radius 2 is 2.10 bits per heavy atom. The fraction of sp³-hybridized carbons (Fsp3) is 0.391. The summed E-state index contributed by atoms with van der Waals surface area (Å²) in [6.45, 7) is 3.60. The lowest BCUT2D eigenvalue weighted by atomic mass is 9.74. The number of hydrogen-bond donors (Lipinski definition) is 2. The van der Waals surface area contributed by atoms with Crippen LogP contribution in [0.3, 0.4) is 0 Å². The number of nitrogens with zero attached hydrogens (tertiary/aromatic N) is 2. The molecule has 1 saturated carbocycles. The second kappa shape index (κ2) is 7.47. The lowest BCUT2D eigenvalue weighted by Crippen LogP contribution is -2.42. The van der Waals surface area contributed by atoms with E-state index in [1.807, 2.05) is 24.0 Å². The first-order chi connectivity index (χ1) is 14.3. The molecule has 7 heteroatoms. The van der Waals surface area contributed by atoms with E-state index >= 15 is 0 Å². The van der Waals surface area contributed by atoms with Gasteiger partial charge >= 0.3 is 0 Å². The topological polar surface area (TPSA) is 67.2 Å². The van der Waals surface area contributed by atoms with Crippen LogP contribution >= 0.6 is 0 Å². The molecular formula is C23H25F2N3O2. The van der Waals surface area contributed by atoms with Gasteiger partial charge in [-0.3, -0.25) is 14.7 Å². The second-order valence-corrected chi connectivity index (χ2v) is 8.43. The second-order valence-electron chi connectivity index (χ2n) is 8.43. The normalized spacial score (nSPS) is 22.4. The number of nitrogens with one attached hydrogen (secondary N) is 1. The van der Waals surface area contributed by atoms with Crippen LogP contribution in [0.15, 0.2) is 36.5 Å². The summed E-state index contributed by atoms with van der Waals surface area (Å²) in [5, 5.41) is 14.8. The van der Waals surface area contributed by atoms with Gasteiger partial charge in [0.05, 0.1) is 17.1 Å². The summed E-state index contributed by atoms with van der Waals surface area (Å²) >= 11 is 0. The molecule has 158 valence electrons. The van der Waals surface area contributed by atoms with Crippen molar-refractivity contribution in [1.29, 1.82) is 0 Å². The van der Waals surface area contributed by atoms with E-state index in [0.29, 0.717) is 18.4 Å². The Labute approximate surface area is 173 Å². The van der Waals surface area contributed by atoms with E-state index in [9.17, 15) is 18.8 Å². The van der Waals surface area contributed by atoms with Crippen molar-refractivity contribution in [3.63, 3.8) is 0 Å². The number of fused-ring (bicyclic) bond motifs is 1. The van der Waals surface area contributed by atoms with Gasteiger partial charge in [0.1, 0.15) is 0 Å². The number of carbonyl (C=O) groups excluding carboxylic acids is 1. The summed E-state index contributed by atoms with van der Waals surface area (Å²) in [6.07, 6.45) is 3.45. The Morgan fingerprint density at radius 1 is 1.33 bits per heavy atom. The van der Waals surface area contributed by atoms with E-state index in [4.69, 9.17) is 0 Å². The number of benzene rings is 2.